The average molecular weight is 572 g/mol. The molecule has 3 aliphatic rings. The van der Waals surface area contributed by atoms with E-state index in [0.29, 0.717) is 43.1 Å². The van der Waals surface area contributed by atoms with Crippen LogP contribution in [0.5, 0.6) is 5.75 Å². The van der Waals surface area contributed by atoms with Crippen LogP contribution in [0.3, 0.4) is 0 Å². The number of piperidine rings is 1. The van der Waals surface area contributed by atoms with Crippen LogP contribution in [0.4, 0.5) is 27.6 Å². The number of anilines is 1. The Kier molecular flexibility index (Phi) is 7.44. The van der Waals surface area contributed by atoms with E-state index >= 15 is 8.78 Å². The zero-order valence-corrected chi connectivity index (χ0v) is 23.0. The normalized spacial score (nSPS) is 22.3. The second kappa shape index (κ2) is 10.9. The summed E-state index contributed by atoms with van der Waals surface area (Å²) < 4.78 is 79.1. The number of fused-ring (bicyclic) bond motifs is 1. The molecule has 6 rings (SSSR count). The highest BCUT2D eigenvalue weighted by molar-refractivity contribution is 5.53. The lowest BCUT2D eigenvalue weighted by Crippen LogP contribution is -2.61. The summed E-state index contributed by atoms with van der Waals surface area (Å²) in [5.41, 5.74) is 2.37. The van der Waals surface area contributed by atoms with Gasteiger partial charge in [-0.1, -0.05) is 36.4 Å². The highest BCUT2D eigenvalue weighted by atomic mass is 19.4. The van der Waals surface area contributed by atoms with Crippen LogP contribution in [-0.4, -0.2) is 49.8 Å². The van der Waals surface area contributed by atoms with Gasteiger partial charge in [-0.25, -0.2) is 8.78 Å². The topological polar surface area (TPSA) is 27.7 Å². The van der Waals surface area contributed by atoms with Crippen molar-refractivity contribution in [1.82, 2.24) is 10.2 Å². The van der Waals surface area contributed by atoms with E-state index in [1.165, 1.54) is 17.0 Å². The molecule has 3 aromatic rings. The second-order valence-electron chi connectivity index (χ2n) is 11.8. The molecule has 218 valence electrons. The minimum absolute atomic E-state index is 0.116. The average Bonchev–Trinajstić information content (AvgIpc) is 2.92. The van der Waals surface area contributed by atoms with Crippen molar-refractivity contribution in [3.8, 4) is 5.75 Å². The van der Waals surface area contributed by atoms with Gasteiger partial charge < -0.3 is 15.0 Å². The van der Waals surface area contributed by atoms with E-state index in [1.54, 1.807) is 25.1 Å². The van der Waals surface area contributed by atoms with Gasteiger partial charge in [0.25, 0.3) is 0 Å². The van der Waals surface area contributed by atoms with Gasteiger partial charge in [0.05, 0.1) is 12.6 Å². The standard InChI is InChI=1S/C32H34F5N3O/c1-21-12-23-13-25(41-16-22-6-3-2-4-7-22)8-9-26(23)30(40(21)20-32(35,36)37)29-27(33)14-24(15-28(29)34)39-11-5-10-31(19-39)17-38-18-31/h2-4,6-9,13-15,21,30,38H,5,10-12,16-20H2,1H3/t21-,30?/m1/s1. The van der Waals surface area contributed by atoms with Gasteiger partial charge >= 0.3 is 6.18 Å². The molecule has 2 atom stereocenters. The predicted octanol–water partition coefficient (Wildman–Crippen LogP) is 6.63. The fraction of sp³-hybridized carbons (Fsp3) is 0.438. The summed E-state index contributed by atoms with van der Waals surface area (Å²) in [5.74, 6) is -1.09. The van der Waals surface area contributed by atoms with Crippen molar-refractivity contribution >= 4 is 5.69 Å². The van der Waals surface area contributed by atoms with E-state index in [0.717, 1.165) is 37.1 Å². The number of benzene rings is 3. The van der Waals surface area contributed by atoms with Gasteiger partial charge in [-0.15, -0.1) is 0 Å². The van der Waals surface area contributed by atoms with Gasteiger partial charge in [-0.3, -0.25) is 4.90 Å². The first-order valence-electron chi connectivity index (χ1n) is 14.2. The van der Waals surface area contributed by atoms with Gasteiger partial charge in [0.1, 0.15) is 24.0 Å². The first-order chi connectivity index (χ1) is 19.6. The minimum atomic E-state index is -4.53. The van der Waals surface area contributed by atoms with Crippen molar-refractivity contribution in [3.63, 3.8) is 0 Å². The first-order valence-corrected chi connectivity index (χ1v) is 14.2. The van der Waals surface area contributed by atoms with E-state index in [2.05, 4.69) is 5.32 Å². The maximum absolute atomic E-state index is 15.9. The SMILES string of the molecule is C[C@@H]1Cc2cc(OCc3ccccc3)ccc2C(c2c(F)cc(N3CCCC4(CNC4)C3)cc2F)N1CC(F)(F)F. The maximum Gasteiger partial charge on any atom is 0.401 e. The molecule has 2 fully saturated rings. The predicted molar refractivity (Wildman–Crippen MR) is 148 cm³/mol. The largest absolute Gasteiger partial charge is 0.489 e. The summed E-state index contributed by atoms with van der Waals surface area (Å²) in [7, 11) is 0. The molecule has 4 nitrogen and oxygen atoms in total. The molecule has 0 aliphatic carbocycles. The van der Waals surface area contributed by atoms with E-state index in [4.69, 9.17) is 4.74 Å². The van der Waals surface area contributed by atoms with Crippen LogP contribution in [0.2, 0.25) is 0 Å². The van der Waals surface area contributed by atoms with Crippen LogP contribution in [0.15, 0.2) is 60.7 Å². The van der Waals surface area contributed by atoms with E-state index in [-0.39, 0.29) is 11.0 Å². The lowest BCUT2D eigenvalue weighted by Gasteiger charge is -2.50. The fourth-order valence-electron chi connectivity index (χ4n) is 6.71. The molecular formula is C32H34F5N3O. The molecule has 0 aromatic heterocycles. The Bertz CT molecular complexity index is 1370. The maximum atomic E-state index is 15.9. The van der Waals surface area contributed by atoms with Gasteiger partial charge in [0.15, 0.2) is 0 Å². The number of nitrogens with zero attached hydrogens (tertiary/aromatic N) is 2. The van der Waals surface area contributed by atoms with Gasteiger partial charge in [0.2, 0.25) is 0 Å². The van der Waals surface area contributed by atoms with Gasteiger partial charge in [-0.2, -0.15) is 13.2 Å². The van der Waals surface area contributed by atoms with Crippen LogP contribution < -0.4 is 15.0 Å². The highest BCUT2D eigenvalue weighted by Gasteiger charge is 2.44. The lowest BCUT2D eigenvalue weighted by atomic mass is 9.75. The third-order valence-electron chi connectivity index (χ3n) is 8.80. The van der Waals surface area contributed by atoms with E-state index < -0.39 is 36.4 Å². The molecule has 9 heteroatoms. The summed E-state index contributed by atoms with van der Waals surface area (Å²) in [5, 5.41) is 3.29. The molecule has 2 saturated heterocycles. The van der Waals surface area contributed by atoms with Crippen molar-refractivity contribution in [1.29, 1.82) is 0 Å². The molecule has 1 spiro atoms. The first kappa shape index (κ1) is 28.0. The number of hydrogen-bond donors (Lipinski definition) is 1. The Morgan fingerprint density at radius 1 is 1.00 bits per heavy atom. The van der Waals surface area contributed by atoms with Gasteiger partial charge in [0, 0.05) is 48.9 Å². The Balaban J connectivity index is 1.34. The Morgan fingerprint density at radius 2 is 1.73 bits per heavy atom. The molecule has 1 unspecified atom stereocenters. The van der Waals surface area contributed by atoms with Crippen LogP contribution in [0.1, 0.15) is 48.1 Å². The zero-order chi connectivity index (χ0) is 28.8. The summed E-state index contributed by atoms with van der Waals surface area (Å²) in [6.45, 7) is 3.88. The molecule has 0 amide bonds. The van der Waals surface area contributed by atoms with Crippen molar-refractivity contribution in [2.45, 2.75) is 51.1 Å². The van der Waals surface area contributed by atoms with Crippen molar-refractivity contribution < 1.29 is 26.7 Å². The number of rotatable bonds is 6. The van der Waals surface area contributed by atoms with Gasteiger partial charge in [-0.05, 0) is 67.1 Å². The molecule has 3 aromatic carbocycles. The number of nitrogens with one attached hydrogen (secondary N) is 1. The summed E-state index contributed by atoms with van der Waals surface area (Å²) in [6, 6.07) is 15.5. The molecule has 3 heterocycles. The van der Waals surface area contributed by atoms with Crippen molar-refractivity contribution in [3.05, 3.63) is 94.6 Å². The number of ether oxygens (including phenoxy) is 1. The highest BCUT2D eigenvalue weighted by Crippen LogP contribution is 2.44. The van der Waals surface area contributed by atoms with Crippen molar-refractivity contribution in [2.24, 2.45) is 5.41 Å². The number of halogens is 5. The molecule has 3 aliphatic heterocycles. The number of alkyl halides is 3. The smallest absolute Gasteiger partial charge is 0.401 e. The Labute approximate surface area is 237 Å². The quantitative estimate of drug-likeness (QED) is 0.336. The van der Waals surface area contributed by atoms with E-state index in [9.17, 15) is 13.2 Å². The van der Waals surface area contributed by atoms with Crippen LogP contribution in [0.25, 0.3) is 0 Å². The Hall–Kier alpha value is -3.17. The summed E-state index contributed by atoms with van der Waals surface area (Å²) in [4.78, 5) is 3.17. The van der Waals surface area contributed by atoms with Crippen LogP contribution in [0, 0.1) is 17.0 Å². The van der Waals surface area contributed by atoms with Crippen LogP contribution >= 0.6 is 0 Å². The minimum Gasteiger partial charge on any atom is -0.489 e. The summed E-state index contributed by atoms with van der Waals surface area (Å²) in [6.07, 6.45) is -2.24. The van der Waals surface area contributed by atoms with E-state index in [1.807, 2.05) is 35.2 Å². The second-order valence-corrected chi connectivity index (χ2v) is 11.8. The van der Waals surface area contributed by atoms with Crippen LogP contribution in [-0.2, 0) is 13.0 Å². The molecule has 0 bridgehead atoms. The third-order valence-corrected chi connectivity index (χ3v) is 8.80. The molecule has 41 heavy (non-hydrogen) atoms. The molecular weight excluding hydrogens is 537 g/mol. The van der Waals surface area contributed by atoms with Crippen molar-refractivity contribution in [2.75, 3.05) is 37.6 Å². The third kappa shape index (κ3) is 5.79. The monoisotopic (exact) mass is 571 g/mol. The number of hydrogen-bond acceptors (Lipinski definition) is 4. The Morgan fingerprint density at radius 3 is 2.39 bits per heavy atom. The lowest BCUT2D eigenvalue weighted by molar-refractivity contribution is -0.155. The molecule has 1 N–H and O–H groups in total. The molecule has 0 saturated carbocycles. The summed E-state index contributed by atoms with van der Waals surface area (Å²) >= 11 is 0. The fourth-order valence-corrected chi connectivity index (χ4v) is 6.71. The zero-order valence-electron chi connectivity index (χ0n) is 23.0. The molecule has 0 radical (unpaired) electrons.